The predicted octanol–water partition coefficient (Wildman–Crippen LogP) is 1.94. The molecule has 0 fully saturated rings. The maximum Gasteiger partial charge on any atom is 0.237 e. The highest BCUT2D eigenvalue weighted by Gasteiger charge is 2.23. The van der Waals surface area contributed by atoms with Crippen LogP contribution in [0.3, 0.4) is 0 Å². The Morgan fingerprint density at radius 1 is 1.53 bits per heavy atom. The van der Waals surface area contributed by atoms with Gasteiger partial charge in [0.05, 0.1) is 17.8 Å². The van der Waals surface area contributed by atoms with E-state index in [2.05, 4.69) is 10.5 Å². The standard InChI is InChI=1S/C13H23N3O2S/c1-5-11(12-8(2)16-18-9(12)3)15-13(17)10(14)6-7-19-4/h10-11H,5-7,14H2,1-4H3,(H,15,17). The predicted molar refractivity (Wildman–Crippen MR) is 78.1 cm³/mol. The maximum atomic E-state index is 12.0. The minimum absolute atomic E-state index is 0.0842. The van der Waals surface area contributed by atoms with Gasteiger partial charge in [0, 0.05) is 5.56 Å². The average Bonchev–Trinajstić information content (AvgIpc) is 2.72. The summed E-state index contributed by atoms with van der Waals surface area (Å²) in [5.41, 5.74) is 7.66. The molecule has 0 aromatic carbocycles. The van der Waals surface area contributed by atoms with Crippen molar-refractivity contribution in [2.24, 2.45) is 5.73 Å². The van der Waals surface area contributed by atoms with Crippen LogP contribution in [0.2, 0.25) is 0 Å². The third kappa shape index (κ3) is 4.24. The van der Waals surface area contributed by atoms with Gasteiger partial charge in [-0.1, -0.05) is 12.1 Å². The van der Waals surface area contributed by atoms with Crippen LogP contribution >= 0.6 is 11.8 Å². The van der Waals surface area contributed by atoms with Gasteiger partial charge >= 0.3 is 0 Å². The van der Waals surface area contributed by atoms with Crippen molar-refractivity contribution in [1.82, 2.24) is 10.5 Å². The smallest absolute Gasteiger partial charge is 0.237 e. The number of nitrogens with zero attached hydrogens (tertiary/aromatic N) is 1. The molecule has 0 radical (unpaired) electrons. The zero-order valence-electron chi connectivity index (χ0n) is 12.0. The van der Waals surface area contributed by atoms with Crippen molar-refractivity contribution >= 4 is 17.7 Å². The molecule has 5 nitrogen and oxygen atoms in total. The topological polar surface area (TPSA) is 81.2 Å². The Balaban J connectivity index is 2.70. The van der Waals surface area contributed by atoms with E-state index in [-0.39, 0.29) is 11.9 Å². The van der Waals surface area contributed by atoms with Crippen LogP contribution in [0.15, 0.2) is 4.52 Å². The van der Waals surface area contributed by atoms with Crippen LogP contribution in [0.4, 0.5) is 0 Å². The highest BCUT2D eigenvalue weighted by molar-refractivity contribution is 7.98. The largest absolute Gasteiger partial charge is 0.361 e. The minimum Gasteiger partial charge on any atom is -0.361 e. The van der Waals surface area contributed by atoms with Crippen LogP contribution < -0.4 is 11.1 Å². The Kier molecular flexibility index (Phi) is 6.37. The first-order chi connectivity index (χ1) is 9.01. The molecule has 19 heavy (non-hydrogen) atoms. The summed E-state index contributed by atoms with van der Waals surface area (Å²) < 4.78 is 5.15. The van der Waals surface area contributed by atoms with Crippen LogP contribution in [0, 0.1) is 13.8 Å². The molecule has 0 aliphatic heterocycles. The van der Waals surface area contributed by atoms with E-state index in [1.165, 1.54) is 0 Å². The van der Waals surface area contributed by atoms with E-state index in [0.29, 0.717) is 6.42 Å². The third-order valence-electron chi connectivity index (χ3n) is 3.13. The van der Waals surface area contributed by atoms with Crippen molar-refractivity contribution in [3.63, 3.8) is 0 Å². The molecule has 1 aromatic rings. The normalized spacial score (nSPS) is 14.2. The zero-order valence-corrected chi connectivity index (χ0v) is 12.8. The fourth-order valence-corrected chi connectivity index (χ4v) is 2.51. The number of nitrogens with one attached hydrogen (secondary N) is 1. The van der Waals surface area contributed by atoms with Gasteiger partial charge in [-0.3, -0.25) is 4.79 Å². The van der Waals surface area contributed by atoms with Gasteiger partial charge in [-0.25, -0.2) is 0 Å². The van der Waals surface area contributed by atoms with Crippen molar-refractivity contribution in [1.29, 1.82) is 0 Å². The number of amides is 1. The second-order valence-electron chi connectivity index (χ2n) is 4.60. The van der Waals surface area contributed by atoms with E-state index in [1.54, 1.807) is 11.8 Å². The molecule has 3 N–H and O–H groups in total. The zero-order chi connectivity index (χ0) is 14.4. The summed E-state index contributed by atoms with van der Waals surface area (Å²) in [6.45, 7) is 5.76. The highest BCUT2D eigenvalue weighted by atomic mass is 32.2. The summed E-state index contributed by atoms with van der Waals surface area (Å²) >= 11 is 1.69. The van der Waals surface area contributed by atoms with Gasteiger partial charge in [-0.05, 0) is 38.7 Å². The van der Waals surface area contributed by atoms with Crippen LogP contribution in [0.1, 0.15) is 42.8 Å². The third-order valence-corrected chi connectivity index (χ3v) is 3.78. The molecule has 0 saturated carbocycles. The van der Waals surface area contributed by atoms with E-state index in [1.807, 2.05) is 27.0 Å². The Hall–Kier alpha value is -1.01. The first-order valence-corrected chi connectivity index (χ1v) is 7.88. The maximum absolute atomic E-state index is 12.0. The lowest BCUT2D eigenvalue weighted by atomic mass is 10.0. The summed E-state index contributed by atoms with van der Waals surface area (Å²) in [6, 6.07) is -0.541. The van der Waals surface area contributed by atoms with E-state index in [9.17, 15) is 4.79 Å². The van der Waals surface area contributed by atoms with Crippen LogP contribution in [0.25, 0.3) is 0 Å². The van der Waals surface area contributed by atoms with Crippen molar-refractivity contribution in [3.05, 3.63) is 17.0 Å². The molecule has 108 valence electrons. The molecule has 0 aliphatic rings. The lowest BCUT2D eigenvalue weighted by Gasteiger charge is -2.19. The molecule has 2 unspecified atom stereocenters. The summed E-state index contributed by atoms with van der Waals surface area (Å²) in [6.07, 6.45) is 3.47. The number of rotatable bonds is 7. The van der Waals surface area contributed by atoms with Crippen LogP contribution in [-0.4, -0.2) is 29.1 Å². The minimum atomic E-state index is -0.457. The first kappa shape index (κ1) is 16.0. The van der Waals surface area contributed by atoms with Crippen LogP contribution in [-0.2, 0) is 4.79 Å². The molecule has 0 aliphatic carbocycles. The number of hydrogen-bond acceptors (Lipinski definition) is 5. The number of carbonyl (C=O) groups is 1. The number of aryl methyl sites for hydroxylation is 2. The highest BCUT2D eigenvalue weighted by Crippen LogP contribution is 2.24. The number of carbonyl (C=O) groups excluding carboxylic acids is 1. The van der Waals surface area contributed by atoms with Gasteiger partial charge in [-0.2, -0.15) is 11.8 Å². The van der Waals surface area contributed by atoms with Gasteiger partial charge < -0.3 is 15.6 Å². The van der Waals surface area contributed by atoms with Crippen molar-refractivity contribution in [2.45, 2.75) is 45.7 Å². The lowest BCUT2D eigenvalue weighted by Crippen LogP contribution is -2.42. The summed E-state index contributed by atoms with van der Waals surface area (Å²) in [5, 5.41) is 6.91. The Morgan fingerprint density at radius 3 is 2.68 bits per heavy atom. The second-order valence-corrected chi connectivity index (χ2v) is 5.58. The molecule has 6 heteroatoms. The molecule has 1 heterocycles. The van der Waals surface area contributed by atoms with Gasteiger partial charge in [0.15, 0.2) is 0 Å². The average molecular weight is 285 g/mol. The molecule has 0 bridgehead atoms. The van der Waals surface area contributed by atoms with E-state index < -0.39 is 6.04 Å². The summed E-state index contributed by atoms with van der Waals surface area (Å²) in [7, 11) is 0. The number of thioether (sulfide) groups is 1. The molecule has 0 spiro atoms. The van der Waals surface area contributed by atoms with Gasteiger partial charge in [0.2, 0.25) is 5.91 Å². The van der Waals surface area contributed by atoms with E-state index in [0.717, 1.165) is 29.2 Å². The monoisotopic (exact) mass is 285 g/mol. The molecule has 0 saturated heterocycles. The van der Waals surface area contributed by atoms with E-state index >= 15 is 0 Å². The number of hydrogen-bond donors (Lipinski definition) is 2. The van der Waals surface area contributed by atoms with Gasteiger partial charge in [0.1, 0.15) is 5.76 Å². The van der Waals surface area contributed by atoms with Gasteiger partial charge in [0.25, 0.3) is 0 Å². The summed E-state index contributed by atoms with van der Waals surface area (Å²) in [4.78, 5) is 12.0. The quantitative estimate of drug-likeness (QED) is 0.800. The van der Waals surface area contributed by atoms with Crippen molar-refractivity contribution in [3.8, 4) is 0 Å². The first-order valence-electron chi connectivity index (χ1n) is 6.48. The van der Waals surface area contributed by atoms with Crippen molar-refractivity contribution < 1.29 is 9.32 Å². The molecular weight excluding hydrogens is 262 g/mol. The Morgan fingerprint density at radius 2 is 2.21 bits per heavy atom. The molecule has 1 rings (SSSR count). The molecule has 1 aromatic heterocycles. The van der Waals surface area contributed by atoms with Crippen molar-refractivity contribution in [2.75, 3.05) is 12.0 Å². The summed E-state index contributed by atoms with van der Waals surface area (Å²) in [5.74, 6) is 1.53. The Labute approximate surface area is 118 Å². The van der Waals surface area contributed by atoms with Crippen LogP contribution in [0.5, 0.6) is 0 Å². The Bertz CT molecular complexity index is 401. The van der Waals surface area contributed by atoms with Gasteiger partial charge in [-0.15, -0.1) is 0 Å². The molecule has 2 atom stereocenters. The number of nitrogens with two attached hydrogens (primary N) is 1. The number of aromatic nitrogens is 1. The SMILES string of the molecule is CCC(NC(=O)C(N)CCSC)c1c(C)noc1C. The molecule has 1 amide bonds. The second kappa shape index (κ2) is 7.55. The fourth-order valence-electron chi connectivity index (χ4n) is 2.02. The van der Waals surface area contributed by atoms with E-state index in [4.69, 9.17) is 10.3 Å². The molecular formula is C13H23N3O2S. The fraction of sp³-hybridized carbons (Fsp3) is 0.692. The lowest BCUT2D eigenvalue weighted by molar-refractivity contribution is -0.123.